The first-order chi connectivity index (χ1) is 11.4. The van der Waals surface area contributed by atoms with Crippen LogP contribution in [0.3, 0.4) is 0 Å². The van der Waals surface area contributed by atoms with Gasteiger partial charge in [0.1, 0.15) is 5.82 Å². The molecule has 2 N–H and O–H groups in total. The monoisotopic (exact) mass is 352 g/mol. The van der Waals surface area contributed by atoms with Crippen LogP contribution in [-0.4, -0.2) is 34.6 Å². The van der Waals surface area contributed by atoms with Crippen molar-refractivity contribution in [3.8, 4) is 0 Å². The number of anilines is 1. The fourth-order valence-corrected chi connectivity index (χ4v) is 2.94. The van der Waals surface area contributed by atoms with E-state index in [1.54, 1.807) is 0 Å². The second-order valence-electron chi connectivity index (χ2n) is 4.89. The fourth-order valence-electron chi connectivity index (χ4n) is 1.89. The van der Waals surface area contributed by atoms with Crippen LogP contribution >= 0.6 is 0 Å². The van der Waals surface area contributed by atoms with E-state index < -0.39 is 15.8 Å². The lowest BCUT2D eigenvalue weighted by molar-refractivity contribution is 0.0937. The predicted octanol–water partition coefficient (Wildman–Crippen LogP) is 2.00. The van der Waals surface area contributed by atoms with Crippen LogP contribution in [-0.2, 0) is 14.8 Å². The molecule has 0 fully saturated rings. The summed E-state index contributed by atoms with van der Waals surface area (Å²) in [5.74, 6) is -0.774. The van der Waals surface area contributed by atoms with E-state index in [1.807, 2.05) is 0 Å². The van der Waals surface area contributed by atoms with Crippen molar-refractivity contribution in [2.75, 3.05) is 25.0 Å². The van der Waals surface area contributed by atoms with Gasteiger partial charge in [-0.05, 0) is 48.5 Å². The molecule has 0 aliphatic carbocycles. The van der Waals surface area contributed by atoms with Crippen LogP contribution in [0.4, 0.5) is 10.1 Å². The largest absolute Gasteiger partial charge is 0.383 e. The zero-order valence-electron chi connectivity index (χ0n) is 13.0. The summed E-state index contributed by atoms with van der Waals surface area (Å²) in [7, 11) is -2.29. The maximum absolute atomic E-state index is 12.9. The summed E-state index contributed by atoms with van der Waals surface area (Å²) in [5.41, 5.74) is 0.588. The van der Waals surface area contributed by atoms with E-state index in [2.05, 4.69) is 10.0 Å². The molecule has 2 aromatic carbocycles. The number of hydrogen-bond acceptors (Lipinski definition) is 4. The molecule has 0 aromatic heterocycles. The highest BCUT2D eigenvalue weighted by Crippen LogP contribution is 2.17. The average molecular weight is 352 g/mol. The number of rotatable bonds is 7. The topological polar surface area (TPSA) is 84.5 Å². The lowest BCUT2D eigenvalue weighted by Gasteiger charge is -2.09. The van der Waals surface area contributed by atoms with Crippen molar-refractivity contribution in [2.24, 2.45) is 0 Å². The number of amides is 1. The molecule has 0 saturated carbocycles. The van der Waals surface area contributed by atoms with Crippen LogP contribution in [0.1, 0.15) is 10.4 Å². The van der Waals surface area contributed by atoms with Gasteiger partial charge in [0.25, 0.3) is 15.9 Å². The molecule has 0 bridgehead atoms. The van der Waals surface area contributed by atoms with E-state index in [9.17, 15) is 17.6 Å². The molecule has 8 heteroatoms. The van der Waals surface area contributed by atoms with Crippen LogP contribution in [0.25, 0.3) is 0 Å². The quantitative estimate of drug-likeness (QED) is 0.747. The van der Waals surface area contributed by atoms with E-state index in [0.717, 1.165) is 12.1 Å². The molecule has 2 aromatic rings. The first-order valence-electron chi connectivity index (χ1n) is 7.08. The second kappa shape index (κ2) is 7.89. The third kappa shape index (κ3) is 4.77. The summed E-state index contributed by atoms with van der Waals surface area (Å²) in [6.07, 6.45) is 0. The van der Waals surface area contributed by atoms with Gasteiger partial charge in [0.15, 0.2) is 0 Å². The van der Waals surface area contributed by atoms with Crippen LogP contribution < -0.4 is 10.0 Å². The molecule has 0 unspecified atom stereocenters. The van der Waals surface area contributed by atoms with Gasteiger partial charge in [0.05, 0.1) is 11.5 Å². The Hall–Kier alpha value is -2.45. The molecule has 0 atom stereocenters. The summed E-state index contributed by atoms with van der Waals surface area (Å²) in [5, 5.41) is 2.64. The van der Waals surface area contributed by atoms with Crippen LogP contribution in [0.5, 0.6) is 0 Å². The zero-order valence-corrected chi connectivity index (χ0v) is 13.8. The third-order valence-electron chi connectivity index (χ3n) is 3.11. The molecule has 1 amide bonds. The SMILES string of the molecule is COCCNC(=O)c1ccc(S(=O)(=O)Nc2ccc(F)cc2)cc1. The summed E-state index contributed by atoms with van der Waals surface area (Å²) >= 11 is 0. The van der Waals surface area contributed by atoms with E-state index in [-0.39, 0.29) is 16.5 Å². The molecule has 0 radical (unpaired) electrons. The van der Waals surface area contributed by atoms with Gasteiger partial charge in [-0.15, -0.1) is 0 Å². The van der Waals surface area contributed by atoms with Gasteiger partial charge in [-0.25, -0.2) is 12.8 Å². The Morgan fingerprint density at radius 2 is 1.71 bits per heavy atom. The third-order valence-corrected chi connectivity index (χ3v) is 4.51. The van der Waals surface area contributed by atoms with Crippen LogP contribution in [0.2, 0.25) is 0 Å². The highest BCUT2D eigenvalue weighted by molar-refractivity contribution is 7.92. The molecule has 6 nitrogen and oxygen atoms in total. The van der Waals surface area contributed by atoms with Gasteiger partial charge in [0.2, 0.25) is 0 Å². The molecule has 24 heavy (non-hydrogen) atoms. The minimum Gasteiger partial charge on any atom is -0.383 e. The maximum atomic E-state index is 12.9. The molecule has 0 saturated heterocycles. The number of methoxy groups -OCH3 is 1. The summed E-state index contributed by atoms with van der Waals surface area (Å²) < 4.78 is 44.5. The summed E-state index contributed by atoms with van der Waals surface area (Å²) in [6.45, 7) is 0.751. The van der Waals surface area contributed by atoms with Crippen LogP contribution in [0.15, 0.2) is 53.4 Å². The number of nitrogens with one attached hydrogen (secondary N) is 2. The zero-order chi connectivity index (χ0) is 17.6. The fraction of sp³-hybridized carbons (Fsp3) is 0.188. The van der Waals surface area contributed by atoms with Crippen molar-refractivity contribution in [3.05, 3.63) is 59.9 Å². The van der Waals surface area contributed by atoms with Gasteiger partial charge in [0, 0.05) is 24.9 Å². The Labute approximate surface area is 139 Å². The minimum absolute atomic E-state index is 0.000247. The highest BCUT2D eigenvalue weighted by atomic mass is 32.2. The molecule has 128 valence electrons. The van der Waals surface area contributed by atoms with Crippen molar-refractivity contribution in [1.29, 1.82) is 0 Å². The average Bonchev–Trinajstić information content (AvgIpc) is 2.57. The molecule has 0 spiro atoms. The number of benzene rings is 2. The van der Waals surface area contributed by atoms with Crippen molar-refractivity contribution in [3.63, 3.8) is 0 Å². The Bertz CT molecular complexity index is 790. The lowest BCUT2D eigenvalue weighted by atomic mass is 10.2. The van der Waals surface area contributed by atoms with E-state index in [1.165, 1.54) is 43.5 Å². The van der Waals surface area contributed by atoms with Gasteiger partial charge in [-0.1, -0.05) is 0 Å². The van der Waals surface area contributed by atoms with E-state index >= 15 is 0 Å². The molecule has 0 heterocycles. The van der Waals surface area contributed by atoms with Gasteiger partial charge in [-0.3, -0.25) is 9.52 Å². The van der Waals surface area contributed by atoms with Crippen LogP contribution in [0, 0.1) is 5.82 Å². The highest BCUT2D eigenvalue weighted by Gasteiger charge is 2.15. The molecular weight excluding hydrogens is 335 g/mol. The van der Waals surface area contributed by atoms with Crippen molar-refractivity contribution < 1.29 is 22.3 Å². The minimum atomic E-state index is -3.81. The number of carbonyl (C=O) groups is 1. The summed E-state index contributed by atoms with van der Waals surface area (Å²) in [6, 6.07) is 10.5. The van der Waals surface area contributed by atoms with E-state index in [4.69, 9.17) is 4.74 Å². The maximum Gasteiger partial charge on any atom is 0.261 e. The predicted molar refractivity (Wildman–Crippen MR) is 87.9 cm³/mol. The van der Waals surface area contributed by atoms with E-state index in [0.29, 0.717) is 18.7 Å². The molecule has 0 aliphatic heterocycles. The van der Waals surface area contributed by atoms with Crippen molar-refractivity contribution in [1.82, 2.24) is 5.32 Å². The Morgan fingerprint density at radius 1 is 1.08 bits per heavy atom. The Kier molecular flexibility index (Phi) is 5.88. The number of sulfonamides is 1. The second-order valence-corrected chi connectivity index (χ2v) is 6.57. The standard InChI is InChI=1S/C16H17FN2O4S/c1-23-11-10-18-16(20)12-2-8-15(9-3-12)24(21,22)19-14-6-4-13(17)5-7-14/h2-9,19H,10-11H2,1H3,(H,18,20). The first kappa shape index (κ1) is 17.9. The van der Waals surface area contributed by atoms with Gasteiger partial charge in [-0.2, -0.15) is 0 Å². The first-order valence-corrected chi connectivity index (χ1v) is 8.56. The van der Waals surface area contributed by atoms with Gasteiger partial charge >= 0.3 is 0 Å². The van der Waals surface area contributed by atoms with Crippen molar-refractivity contribution >= 4 is 21.6 Å². The molecular formula is C16H17FN2O4S. The number of hydrogen-bond donors (Lipinski definition) is 2. The van der Waals surface area contributed by atoms with Gasteiger partial charge < -0.3 is 10.1 Å². The summed E-state index contributed by atoms with van der Waals surface area (Å²) in [4.78, 5) is 11.8. The lowest BCUT2D eigenvalue weighted by Crippen LogP contribution is -2.26. The number of ether oxygens (including phenoxy) is 1. The number of halogens is 1. The molecule has 2 rings (SSSR count). The number of carbonyl (C=O) groups excluding carboxylic acids is 1. The smallest absolute Gasteiger partial charge is 0.261 e. The Balaban J connectivity index is 2.08. The van der Waals surface area contributed by atoms with Crippen molar-refractivity contribution in [2.45, 2.75) is 4.90 Å². The Morgan fingerprint density at radius 3 is 2.29 bits per heavy atom. The normalized spacial score (nSPS) is 11.1. The molecule has 0 aliphatic rings.